The maximum absolute atomic E-state index is 13.2. The van der Waals surface area contributed by atoms with Gasteiger partial charge in [-0.3, -0.25) is 4.79 Å². The molecule has 1 heterocycles. The Labute approximate surface area is 152 Å². The van der Waals surface area contributed by atoms with Crippen molar-refractivity contribution >= 4 is 35.1 Å². The summed E-state index contributed by atoms with van der Waals surface area (Å²) < 4.78 is 30.9. The molecule has 1 unspecified atom stereocenters. The van der Waals surface area contributed by atoms with Crippen LogP contribution in [0.3, 0.4) is 0 Å². The van der Waals surface area contributed by atoms with Gasteiger partial charge in [-0.2, -0.15) is 0 Å². The molecule has 0 fully saturated rings. The Hall–Kier alpha value is -2.75. The number of nitrogens with one attached hydrogen (secondary N) is 1. The standard InChI is InChI=1S/C16H16F2N4O3S/c1-3-25-15(24)10-7-20-16(22-13(10)19)26-8(2)14(23)21-9-4-5-11(17)12(18)6-9/h4-8H,3H2,1-2H3,(H,21,23)(H2,19,20,22). The van der Waals surface area contributed by atoms with Gasteiger partial charge in [0.05, 0.1) is 11.9 Å². The summed E-state index contributed by atoms with van der Waals surface area (Å²) in [5, 5.41) is 1.99. The summed E-state index contributed by atoms with van der Waals surface area (Å²) in [6, 6.07) is 3.05. The Bertz CT molecular complexity index is 835. The van der Waals surface area contributed by atoms with E-state index in [1.807, 2.05) is 0 Å². The molecule has 0 aliphatic heterocycles. The highest BCUT2D eigenvalue weighted by Crippen LogP contribution is 2.23. The summed E-state index contributed by atoms with van der Waals surface area (Å²) in [5.41, 5.74) is 5.88. The van der Waals surface area contributed by atoms with E-state index in [4.69, 9.17) is 10.5 Å². The van der Waals surface area contributed by atoms with Gasteiger partial charge in [0, 0.05) is 18.0 Å². The van der Waals surface area contributed by atoms with Crippen LogP contribution in [0, 0.1) is 11.6 Å². The first kappa shape index (κ1) is 19.6. The molecule has 0 bridgehead atoms. The molecule has 1 atom stereocenters. The first-order chi connectivity index (χ1) is 12.3. The molecule has 1 aromatic carbocycles. The fourth-order valence-electron chi connectivity index (χ4n) is 1.83. The summed E-state index contributed by atoms with van der Waals surface area (Å²) in [6.45, 7) is 3.43. The van der Waals surface area contributed by atoms with E-state index in [9.17, 15) is 18.4 Å². The summed E-state index contributed by atoms with van der Waals surface area (Å²) in [6.07, 6.45) is 1.22. The highest BCUT2D eigenvalue weighted by molar-refractivity contribution is 8.00. The second kappa shape index (κ2) is 8.56. The number of nitrogen functional groups attached to an aromatic ring is 1. The number of carbonyl (C=O) groups is 2. The third-order valence-electron chi connectivity index (χ3n) is 3.13. The second-order valence-corrected chi connectivity index (χ2v) is 6.36. The fourth-order valence-corrected chi connectivity index (χ4v) is 2.58. The molecule has 0 aliphatic rings. The van der Waals surface area contributed by atoms with Gasteiger partial charge in [0.2, 0.25) is 5.91 Å². The zero-order valence-corrected chi connectivity index (χ0v) is 14.8. The van der Waals surface area contributed by atoms with Gasteiger partial charge in [-0.25, -0.2) is 23.5 Å². The first-order valence-corrected chi connectivity index (χ1v) is 8.42. The molecular formula is C16H16F2N4O3S. The van der Waals surface area contributed by atoms with Gasteiger partial charge in [0.25, 0.3) is 0 Å². The highest BCUT2D eigenvalue weighted by Gasteiger charge is 2.19. The monoisotopic (exact) mass is 382 g/mol. The van der Waals surface area contributed by atoms with Crippen molar-refractivity contribution in [1.29, 1.82) is 0 Å². The minimum atomic E-state index is -1.06. The molecule has 138 valence electrons. The topological polar surface area (TPSA) is 107 Å². The molecule has 7 nitrogen and oxygen atoms in total. The summed E-state index contributed by atoms with van der Waals surface area (Å²) in [7, 11) is 0. The average Bonchev–Trinajstić information content (AvgIpc) is 2.58. The highest BCUT2D eigenvalue weighted by atomic mass is 32.2. The van der Waals surface area contributed by atoms with Gasteiger partial charge in [-0.05, 0) is 26.0 Å². The smallest absolute Gasteiger partial charge is 0.343 e. The number of hydrogen-bond acceptors (Lipinski definition) is 7. The van der Waals surface area contributed by atoms with Gasteiger partial charge in [0.15, 0.2) is 16.8 Å². The number of nitrogens with two attached hydrogens (primary N) is 1. The lowest BCUT2D eigenvalue weighted by molar-refractivity contribution is -0.115. The van der Waals surface area contributed by atoms with E-state index >= 15 is 0 Å². The van der Waals surface area contributed by atoms with Gasteiger partial charge in [-0.15, -0.1) is 0 Å². The van der Waals surface area contributed by atoms with Crippen molar-refractivity contribution in [3.63, 3.8) is 0 Å². The number of aromatic nitrogens is 2. The van der Waals surface area contributed by atoms with Crippen molar-refractivity contribution in [2.75, 3.05) is 17.7 Å². The largest absolute Gasteiger partial charge is 0.462 e. The third-order valence-corrected chi connectivity index (χ3v) is 4.11. The molecule has 0 saturated heterocycles. The quantitative estimate of drug-likeness (QED) is 0.449. The van der Waals surface area contributed by atoms with Crippen LogP contribution < -0.4 is 11.1 Å². The van der Waals surface area contributed by atoms with Crippen LogP contribution in [0.15, 0.2) is 29.6 Å². The molecule has 0 aliphatic carbocycles. The first-order valence-electron chi connectivity index (χ1n) is 7.54. The maximum Gasteiger partial charge on any atom is 0.343 e. The van der Waals surface area contributed by atoms with E-state index in [0.29, 0.717) is 0 Å². The number of thioether (sulfide) groups is 1. The van der Waals surface area contributed by atoms with E-state index in [2.05, 4.69) is 15.3 Å². The van der Waals surface area contributed by atoms with Crippen molar-refractivity contribution in [3.8, 4) is 0 Å². The Kier molecular flexibility index (Phi) is 6.45. The number of amides is 1. The number of benzene rings is 1. The van der Waals surface area contributed by atoms with Crippen LogP contribution >= 0.6 is 11.8 Å². The molecule has 10 heteroatoms. The van der Waals surface area contributed by atoms with Crippen LogP contribution in [0.4, 0.5) is 20.3 Å². The zero-order valence-electron chi connectivity index (χ0n) is 14.0. The lowest BCUT2D eigenvalue weighted by atomic mass is 10.3. The Morgan fingerprint density at radius 2 is 2.08 bits per heavy atom. The van der Waals surface area contributed by atoms with Gasteiger partial charge in [0.1, 0.15) is 11.4 Å². The van der Waals surface area contributed by atoms with E-state index in [1.54, 1.807) is 13.8 Å². The lowest BCUT2D eigenvalue weighted by Crippen LogP contribution is -2.23. The van der Waals surface area contributed by atoms with Crippen molar-refractivity contribution in [1.82, 2.24) is 9.97 Å². The van der Waals surface area contributed by atoms with Gasteiger partial charge in [-0.1, -0.05) is 11.8 Å². The number of halogens is 2. The maximum atomic E-state index is 13.2. The van der Waals surface area contributed by atoms with Gasteiger partial charge >= 0.3 is 5.97 Å². The Balaban J connectivity index is 2.03. The molecule has 0 radical (unpaired) electrons. The van der Waals surface area contributed by atoms with E-state index in [0.717, 1.165) is 23.9 Å². The Morgan fingerprint density at radius 3 is 2.69 bits per heavy atom. The van der Waals surface area contributed by atoms with Crippen LogP contribution in [-0.2, 0) is 9.53 Å². The lowest BCUT2D eigenvalue weighted by Gasteiger charge is -2.12. The summed E-state index contributed by atoms with van der Waals surface area (Å²) >= 11 is 0.992. The summed E-state index contributed by atoms with van der Waals surface area (Å²) in [5.74, 6) is -3.22. The second-order valence-electron chi connectivity index (χ2n) is 5.05. The normalized spacial score (nSPS) is 11.7. The average molecular weight is 382 g/mol. The third kappa shape index (κ3) is 4.88. The van der Waals surface area contributed by atoms with Crippen molar-refractivity contribution < 1.29 is 23.1 Å². The molecule has 1 amide bonds. The van der Waals surface area contributed by atoms with Crippen molar-refractivity contribution in [2.45, 2.75) is 24.3 Å². The minimum Gasteiger partial charge on any atom is -0.462 e. The number of anilines is 2. The zero-order chi connectivity index (χ0) is 19.3. The number of rotatable bonds is 6. The number of ether oxygens (including phenoxy) is 1. The number of hydrogen-bond donors (Lipinski definition) is 2. The Morgan fingerprint density at radius 1 is 1.35 bits per heavy atom. The molecule has 0 saturated carbocycles. The van der Waals surface area contributed by atoms with Crippen LogP contribution in [0.25, 0.3) is 0 Å². The van der Waals surface area contributed by atoms with Crippen LogP contribution in [0.5, 0.6) is 0 Å². The van der Waals surface area contributed by atoms with E-state index in [1.165, 1.54) is 12.3 Å². The van der Waals surface area contributed by atoms with E-state index < -0.39 is 28.8 Å². The van der Waals surface area contributed by atoms with Crippen molar-refractivity contribution in [3.05, 3.63) is 41.6 Å². The van der Waals surface area contributed by atoms with Crippen LogP contribution in [0.2, 0.25) is 0 Å². The fraction of sp³-hybridized carbons (Fsp3) is 0.250. The van der Waals surface area contributed by atoms with E-state index in [-0.39, 0.29) is 28.8 Å². The van der Waals surface area contributed by atoms with Gasteiger partial charge < -0.3 is 15.8 Å². The molecule has 26 heavy (non-hydrogen) atoms. The molecule has 1 aromatic heterocycles. The molecule has 3 N–H and O–H groups in total. The predicted octanol–water partition coefficient (Wildman–Crippen LogP) is 2.63. The predicted molar refractivity (Wildman–Crippen MR) is 92.7 cm³/mol. The number of nitrogens with zero attached hydrogens (tertiary/aromatic N) is 2. The molecule has 2 aromatic rings. The molecule has 2 rings (SSSR count). The summed E-state index contributed by atoms with van der Waals surface area (Å²) in [4.78, 5) is 31.8. The van der Waals surface area contributed by atoms with Crippen LogP contribution in [-0.4, -0.2) is 33.7 Å². The number of esters is 1. The van der Waals surface area contributed by atoms with Crippen LogP contribution in [0.1, 0.15) is 24.2 Å². The minimum absolute atomic E-state index is 0.0371. The SMILES string of the molecule is CCOC(=O)c1cnc(SC(C)C(=O)Nc2ccc(F)c(F)c2)nc1N. The van der Waals surface area contributed by atoms with Crippen molar-refractivity contribution in [2.24, 2.45) is 0 Å². The number of carbonyl (C=O) groups excluding carboxylic acids is 2. The molecule has 0 spiro atoms. The molecular weight excluding hydrogens is 366 g/mol.